The third-order valence-corrected chi connectivity index (χ3v) is 6.91. The van der Waals surface area contributed by atoms with E-state index in [4.69, 9.17) is 21.6 Å². The van der Waals surface area contributed by atoms with E-state index in [0.29, 0.717) is 24.7 Å². The molecule has 0 radical (unpaired) electrons. The van der Waals surface area contributed by atoms with Crippen molar-refractivity contribution < 1.29 is 9.53 Å². The van der Waals surface area contributed by atoms with E-state index in [2.05, 4.69) is 16.3 Å². The molecule has 2 aliphatic rings. The number of carbonyl (C=O) groups is 1. The van der Waals surface area contributed by atoms with E-state index in [1.165, 1.54) is 0 Å². The predicted octanol–water partition coefficient (Wildman–Crippen LogP) is 4.61. The molecule has 1 aliphatic carbocycles. The van der Waals surface area contributed by atoms with E-state index in [1.807, 2.05) is 54.3 Å². The minimum Gasteiger partial charge on any atom is -0.382 e. The molecule has 2 fully saturated rings. The van der Waals surface area contributed by atoms with Crippen LogP contribution in [0, 0.1) is 18.3 Å². The minimum atomic E-state index is 0.0825. The van der Waals surface area contributed by atoms with Gasteiger partial charge in [-0.3, -0.25) is 4.79 Å². The second-order valence-electron chi connectivity index (χ2n) is 8.91. The van der Waals surface area contributed by atoms with Crippen LogP contribution in [0.15, 0.2) is 42.5 Å². The van der Waals surface area contributed by atoms with Crippen LogP contribution in [0.5, 0.6) is 0 Å². The number of amides is 1. The molecule has 1 amide bonds. The molecule has 0 atom stereocenters. The molecular weight excluding hydrogens is 436 g/mol. The fraction of sp³-hybridized carbons (Fsp3) is 0.462. The third kappa shape index (κ3) is 6.19. The SMILES string of the molecule is Cc1cc(NC2CCC(OCC(=O)N3CCN(c4ccc(Cl)cc4)CC3)CC2)ccc1C#N. The number of hydrogen-bond acceptors (Lipinski definition) is 5. The van der Waals surface area contributed by atoms with Crippen LogP contribution < -0.4 is 10.2 Å². The van der Waals surface area contributed by atoms with Crippen molar-refractivity contribution in [3.8, 4) is 6.07 Å². The van der Waals surface area contributed by atoms with Crippen LogP contribution >= 0.6 is 11.6 Å². The number of hydrogen-bond donors (Lipinski definition) is 1. The van der Waals surface area contributed by atoms with Crippen molar-refractivity contribution in [1.82, 2.24) is 4.90 Å². The Morgan fingerprint density at radius 2 is 1.79 bits per heavy atom. The Hall–Kier alpha value is -2.75. The van der Waals surface area contributed by atoms with Crippen LogP contribution in [0.4, 0.5) is 11.4 Å². The molecule has 1 saturated carbocycles. The average Bonchev–Trinajstić information content (AvgIpc) is 2.84. The number of ether oxygens (including phenoxy) is 1. The highest BCUT2D eigenvalue weighted by atomic mass is 35.5. The summed E-state index contributed by atoms with van der Waals surface area (Å²) in [7, 11) is 0. The quantitative estimate of drug-likeness (QED) is 0.673. The number of nitrogens with zero attached hydrogens (tertiary/aromatic N) is 3. The van der Waals surface area contributed by atoms with Crippen LogP contribution in [-0.2, 0) is 9.53 Å². The summed E-state index contributed by atoms with van der Waals surface area (Å²) < 4.78 is 5.99. The van der Waals surface area contributed by atoms with Gasteiger partial charge in [-0.25, -0.2) is 0 Å². The Morgan fingerprint density at radius 1 is 1.09 bits per heavy atom. The number of rotatable bonds is 6. The standard InChI is InChI=1S/C26H31ClN4O2/c1-19-16-23(5-2-20(19)17-28)29-22-6-10-25(11-7-22)33-18-26(32)31-14-12-30(13-15-31)24-8-3-21(27)4-9-24/h2-5,8-9,16,22,25,29H,6-7,10-15,18H2,1H3. The number of carbonyl (C=O) groups excluding carboxylic acids is 1. The summed E-state index contributed by atoms with van der Waals surface area (Å²) in [5, 5.41) is 13.4. The largest absolute Gasteiger partial charge is 0.382 e. The Labute approximate surface area is 201 Å². The number of piperazine rings is 1. The fourth-order valence-corrected chi connectivity index (χ4v) is 4.76. The van der Waals surface area contributed by atoms with Gasteiger partial charge in [0.05, 0.1) is 17.7 Å². The van der Waals surface area contributed by atoms with Crippen molar-refractivity contribution in [2.24, 2.45) is 0 Å². The molecule has 0 unspecified atom stereocenters. The van der Waals surface area contributed by atoms with Crippen LogP contribution in [0.2, 0.25) is 5.02 Å². The van der Waals surface area contributed by atoms with E-state index in [-0.39, 0.29) is 18.6 Å². The monoisotopic (exact) mass is 466 g/mol. The van der Waals surface area contributed by atoms with E-state index in [9.17, 15) is 4.79 Å². The lowest BCUT2D eigenvalue weighted by Crippen LogP contribution is -2.50. The van der Waals surface area contributed by atoms with Gasteiger partial charge < -0.3 is 19.9 Å². The molecule has 7 heteroatoms. The smallest absolute Gasteiger partial charge is 0.248 e. The molecule has 0 aromatic heterocycles. The Kier molecular flexibility index (Phi) is 7.74. The average molecular weight is 467 g/mol. The van der Waals surface area contributed by atoms with Gasteiger partial charge in [-0.1, -0.05) is 11.6 Å². The van der Waals surface area contributed by atoms with Crippen LogP contribution in [0.3, 0.4) is 0 Å². The molecule has 4 rings (SSSR count). The third-order valence-electron chi connectivity index (χ3n) is 6.66. The van der Waals surface area contributed by atoms with Gasteiger partial charge in [-0.2, -0.15) is 5.26 Å². The molecule has 0 spiro atoms. The van der Waals surface area contributed by atoms with Gasteiger partial charge in [0, 0.05) is 48.6 Å². The van der Waals surface area contributed by atoms with Gasteiger partial charge in [-0.05, 0) is 80.6 Å². The second-order valence-corrected chi connectivity index (χ2v) is 9.35. The zero-order valence-electron chi connectivity index (χ0n) is 19.1. The molecule has 1 heterocycles. The Balaban J connectivity index is 1.16. The van der Waals surface area contributed by atoms with Crippen molar-refractivity contribution in [1.29, 1.82) is 5.26 Å². The van der Waals surface area contributed by atoms with Gasteiger partial charge in [0.1, 0.15) is 6.61 Å². The van der Waals surface area contributed by atoms with Crippen molar-refractivity contribution in [2.45, 2.75) is 44.8 Å². The Bertz CT molecular complexity index is 988. The summed E-state index contributed by atoms with van der Waals surface area (Å²) in [6.45, 7) is 5.19. The summed E-state index contributed by atoms with van der Waals surface area (Å²) in [5.41, 5.74) is 3.91. The normalized spacial score (nSPS) is 20.9. The number of anilines is 2. The molecule has 0 bridgehead atoms. The highest BCUT2D eigenvalue weighted by Gasteiger charge is 2.25. The lowest BCUT2D eigenvalue weighted by molar-refractivity contribution is -0.139. The number of benzene rings is 2. The van der Waals surface area contributed by atoms with E-state index >= 15 is 0 Å². The molecule has 1 N–H and O–H groups in total. The van der Waals surface area contributed by atoms with Crippen molar-refractivity contribution in [3.05, 3.63) is 58.6 Å². The van der Waals surface area contributed by atoms with E-state index in [1.54, 1.807) is 0 Å². The van der Waals surface area contributed by atoms with Crippen molar-refractivity contribution >= 4 is 28.9 Å². The maximum Gasteiger partial charge on any atom is 0.248 e. The van der Waals surface area contributed by atoms with Gasteiger partial charge in [0.2, 0.25) is 5.91 Å². The minimum absolute atomic E-state index is 0.0825. The Morgan fingerprint density at radius 3 is 2.42 bits per heavy atom. The van der Waals surface area contributed by atoms with E-state index < -0.39 is 0 Å². The molecule has 6 nitrogen and oxygen atoms in total. The molecule has 33 heavy (non-hydrogen) atoms. The molecular formula is C26H31ClN4O2. The topological polar surface area (TPSA) is 68.6 Å². The van der Waals surface area contributed by atoms with Crippen LogP contribution in [-0.4, -0.2) is 55.7 Å². The first-order chi connectivity index (χ1) is 16.0. The molecule has 2 aromatic rings. The zero-order valence-corrected chi connectivity index (χ0v) is 19.9. The van der Waals surface area contributed by atoms with Gasteiger partial charge in [0.25, 0.3) is 0 Å². The van der Waals surface area contributed by atoms with Crippen LogP contribution in [0.1, 0.15) is 36.8 Å². The molecule has 2 aromatic carbocycles. The van der Waals surface area contributed by atoms with Crippen molar-refractivity contribution in [2.75, 3.05) is 43.0 Å². The lowest BCUT2D eigenvalue weighted by atomic mass is 9.92. The van der Waals surface area contributed by atoms with Gasteiger partial charge >= 0.3 is 0 Å². The lowest BCUT2D eigenvalue weighted by Gasteiger charge is -2.36. The van der Waals surface area contributed by atoms with Gasteiger partial charge in [-0.15, -0.1) is 0 Å². The van der Waals surface area contributed by atoms with Crippen LogP contribution in [0.25, 0.3) is 0 Å². The summed E-state index contributed by atoms with van der Waals surface area (Å²) in [6, 6.07) is 16.3. The van der Waals surface area contributed by atoms with Gasteiger partial charge in [0.15, 0.2) is 0 Å². The predicted molar refractivity (Wildman–Crippen MR) is 132 cm³/mol. The number of aryl methyl sites for hydroxylation is 1. The molecule has 1 aliphatic heterocycles. The molecule has 174 valence electrons. The number of nitriles is 1. The maximum absolute atomic E-state index is 12.6. The first kappa shape index (κ1) is 23.4. The summed E-state index contributed by atoms with van der Waals surface area (Å²) >= 11 is 5.98. The highest BCUT2D eigenvalue weighted by molar-refractivity contribution is 6.30. The fourth-order valence-electron chi connectivity index (χ4n) is 4.63. The van der Waals surface area contributed by atoms with Crippen molar-refractivity contribution in [3.63, 3.8) is 0 Å². The summed E-state index contributed by atoms with van der Waals surface area (Å²) in [6.07, 6.45) is 4.06. The summed E-state index contributed by atoms with van der Waals surface area (Å²) in [4.78, 5) is 16.8. The highest BCUT2D eigenvalue weighted by Crippen LogP contribution is 2.25. The number of nitrogens with one attached hydrogen (secondary N) is 1. The maximum atomic E-state index is 12.6. The first-order valence-electron chi connectivity index (χ1n) is 11.7. The first-order valence-corrected chi connectivity index (χ1v) is 12.1. The number of halogens is 1. The second kappa shape index (κ2) is 10.9. The molecule has 1 saturated heterocycles. The summed E-state index contributed by atoms with van der Waals surface area (Å²) in [5.74, 6) is 0.0825. The van der Waals surface area contributed by atoms with E-state index in [0.717, 1.165) is 60.7 Å². The zero-order chi connectivity index (χ0) is 23.2.